The fourth-order valence-electron chi connectivity index (χ4n) is 2.23. The van der Waals surface area contributed by atoms with Crippen LogP contribution in [-0.2, 0) is 16.0 Å². The smallest absolute Gasteiger partial charge is 0.306 e. The molecule has 0 fully saturated rings. The monoisotopic (exact) mass is 361 g/mol. The number of nitrogens with two attached hydrogens (primary N) is 1. The molecule has 2 aromatic rings. The number of carbonyl (C=O) groups excluding carboxylic acids is 1. The lowest BCUT2D eigenvalue weighted by atomic mass is 10.1. The quantitative estimate of drug-likeness (QED) is 0.409. The van der Waals surface area contributed by atoms with Gasteiger partial charge in [-0.15, -0.1) is 0 Å². The van der Waals surface area contributed by atoms with Crippen LogP contribution in [0.3, 0.4) is 0 Å². The van der Waals surface area contributed by atoms with Gasteiger partial charge in [0.15, 0.2) is 0 Å². The summed E-state index contributed by atoms with van der Waals surface area (Å²) in [7, 11) is 0. The van der Waals surface area contributed by atoms with Crippen molar-refractivity contribution >= 4 is 23.6 Å². The minimum atomic E-state index is -0.393. The molecule has 0 aliphatic carbocycles. The lowest BCUT2D eigenvalue weighted by molar-refractivity contribution is -0.143. The first-order valence-electron chi connectivity index (χ1n) is 8.01. The van der Waals surface area contributed by atoms with Crippen LogP contribution in [-0.4, -0.2) is 28.5 Å². The average molecular weight is 361 g/mol. The fraction of sp³-hybridized carbons (Fsp3) is 0.294. The molecule has 0 unspecified atom stereocenters. The van der Waals surface area contributed by atoms with E-state index in [9.17, 15) is 14.0 Å². The Morgan fingerprint density at radius 2 is 2.08 bits per heavy atom. The van der Waals surface area contributed by atoms with E-state index in [4.69, 9.17) is 10.5 Å². The Balaban J connectivity index is 2.11. The highest BCUT2D eigenvalue weighted by atomic mass is 19.1. The number of anilines is 1. The van der Waals surface area contributed by atoms with Crippen LogP contribution >= 0.6 is 0 Å². The van der Waals surface area contributed by atoms with Gasteiger partial charge < -0.3 is 15.8 Å². The lowest BCUT2D eigenvalue weighted by Gasteiger charge is -2.07. The highest BCUT2D eigenvalue weighted by molar-refractivity contribution is 5.93. The number of aromatic amines is 1. The molecular weight excluding hydrogens is 341 g/mol. The van der Waals surface area contributed by atoms with E-state index in [-0.39, 0.29) is 36.5 Å². The Morgan fingerprint density at radius 1 is 1.38 bits per heavy atom. The number of hydrogen-bond donors (Lipinski definition) is 3. The van der Waals surface area contributed by atoms with Crippen LogP contribution in [0, 0.1) is 12.7 Å². The predicted octanol–water partition coefficient (Wildman–Crippen LogP) is 1.77. The summed E-state index contributed by atoms with van der Waals surface area (Å²) in [4.78, 5) is 34.3. The summed E-state index contributed by atoms with van der Waals surface area (Å²) in [5.41, 5.74) is 6.76. The van der Waals surface area contributed by atoms with Crippen LogP contribution in [0.15, 0.2) is 34.1 Å². The van der Waals surface area contributed by atoms with Crippen LogP contribution < -0.4 is 16.6 Å². The molecule has 1 heterocycles. The average Bonchev–Trinajstić information content (AvgIpc) is 2.56. The Morgan fingerprint density at radius 3 is 2.69 bits per heavy atom. The van der Waals surface area contributed by atoms with Crippen molar-refractivity contribution in [2.45, 2.75) is 26.7 Å². The van der Waals surface area contributed by atoms with Gasteiger partial charge in [0.05, 0.1) is 12.3 Å². The van der Waals surface area contributed by atoms with Crippen LogP contribution in [0.5, 0.6) is 0 Å². The van der Waals surface area contributed by atoms with Gasteiger partial charge in [-0.2, -0.15) is 4.99 Å². The third-order valence-electron chi connectivity index (χ3n) is 3.44. The number of benzene rings is 1. The first-order chi connectivity index (χ1) is 12.4. The molecule has 9 heteroatoms. The van der Waals surface area contributed by atoms with E-state index in [0.717, 1.165) is 0 Å². The van der Waals surface area contributed by atoms with Gasteiger partial charge in [0.2, 0.25) is 11.9 Å². The van der Waals surface area contributed by atoms with Crippen molar-refractivity contribution in [3.8, 4) is 0 Å². The molecule has 0 aliphatic rings. The number of guanidine groups is 1. The predicted molar refractivity (Wildman–Crippen MR) is 95.9 cm³/mol. The molecule has 4 N–H and O–H groups in total. The number of carbonyl (C=O) groups is 1. The number of aliphatic imine (C=N–C) groups is 1. The first kappa shape index (κ1) is 19.1. The van der Waals surface area contributed by atoms with Crippen molar-refractivity contribution in [1.82, 2.24) is 9.97 Å². The number of aromatic nitrogens is 2. The molecule has 0 bridgehead atoms. The van der Waals surface area contributed by atoms with Crippen molar-refractivity contribution in [1.29, 1.82) is 0 Å². The molecule has 2 rings (SSSR count). The summed E-state index contributed by atoms with van der Waals surface area (Å²) in [6.45, 7) is 3.66. The molecule has 0 aliphatic heterocycles. The summed E-state index contributed by atoms with van der Waals surface area (Å²) in [5.74, 6) is -0.731. The number of nitrogens with one attached hydrogen (secondary N) is 2. The second kappa shape index (κ2) is 8.75. The Kier molecular flexibility index (Phi) is 6.42. The van der Waals surface area contributed by atoms with Crippen molar-refractivity contribution in [3.05, 3.63) is 51.7 Å². The zero-order chi connectivity index (χ0) is 19.1. The zero-order valence-corrected chi connectivity index (χ0v) is 14.5. The van der Waals surface area contributed by atoms with Gasteiger partial charge in [0.25, 0.3) is 5.56 Å². The summed E-state index contributed by atoms with van der Waals surface area (Å²) in [6.07, 6.45) is 0.316. The van der Waals surface area contributed by atoms with E-state index in [1.807, 2.05) is 0 Å². The first-order valence-corrected chi connectivity index (χ1v) is 8.01. The number of rotatable bonds is 6. The van der Waals surface area contributed by atoms with E-state index in [0.29, 0.717) is 23.6 Å². The maximum Gasteiger partial charge on any atom is 0.306 e. The van der Waals surface area contributed by atoms with Crippen LogP contribution in [0.4, 0.5) is 16.0 Å². The molecule has 138 valence electrons. The van der Waals surface area contributed by atoms with Crippen molar-refractivity contribution < 1.29 is 13.9 Å². The number of H-pyrrole nitrogens is 1. The largest absolute Gasteiger partial charge is 0.466 e. The van der Waals surface area contributed by atoms with Crippen LogP contribution in [0.2, 0.25) is 0 Å². The molecule has 0 radical (unpaired) electrons. The molecular formula is C17H20FN5O3. The maximum atomic E-state index is 12.9. The van der Waals surface area contributed by atoms with Crippen molar-refractivity contribution in [2.75, 3.05) is 11.9 Å². The van der Waals surface area contributed by atoms with Crippen molar-refractivity contribution in [3.63, 3.8) is 0 Å². The summed E-state index contributed by atoms with van der Waals surface area (Å²) < 4.78 is 17.7. The summed E-state index contributed by atoms with van der Waals surface area (Å²) in [5, 5.41) is 2.76. The Hall–Kier alpha value is -3.23. The van der Waals surface area contributed by atoms with E-state index in [1.165, 1.54) is 24.3 Å². The zero-order valence-electron chi connectivity index (χ0n) is 14.5. The van der Waals surface area contributed by atoms with E-state index in [1.54, 1.807) is 13.8 Å². The van der Waals surface area contributed by atoms with Gasteiger partial charge in [0, 0.05) is 17.7 Å². The standard InChI is InChI=1S/C17H20FN5O3/c1-3-26-14(24)9-8-13-10(2)20-17(22-15(13)25)23-16(19)21-12-6-4-11(18)5-7-12/h4-7H,3,8-9H2,1-2H3,(H4,19,20,21,22,23,25). The molecule has 0 spiro atoms. The molecule has 0 saturated carbocycles. The fourth-order valence-corrected chi connectivity index (χ4v) is 2.23. The molecule has 1 aromatic heterocycles. The Bertz CT molecular complexity index is 862. The van der Waals surface area contributed by atoms with E-state index in [2.05, 4.69) is 20.3 Å². The normalized spacial score (nSPS) is 11.3. The number of esters is 1. The topological polar surface area (TPSA) is 122 Å². The van der Waals surface area contributed by atoms with Crippen molar-refractivity contribution in [2.24, 2.45) is 10.7 Å². The third-order valence-corrected chi connectivity index (χ3v) is 3.44. The Labute approximate surface area is 149 Å². The van der Waals surface area contributed by atoms with E-state index >= 15 is 0 Å². The minimum Gasteiger partial charge on any atom is -0.466 e. The molecule has 0 saturated heterocycles. The van der Waals surface area contributed by atoms with Gasteiger partial charge in [0.1, 0.15) is 5.82 Å². The maximum absolute atomic E-state index is 12.9. The number of nitrogens with zero attached hydrogens (tertiary/aromatic N) is 2. The van der Waals surface area contributed by atoms with Crippen LogP contribution in [0.25, 0.3) is 0 Å². The van der Waals surface area contributed by atoms with Crippen LogP contribution in [0.1, 0.15) is 24.6 Å². The van der Waals surface area contributed by atoms with Gasteiger partial charge in [-0.25, -0.2) is 9.37 Å². The van der Waals surface area contributed by atoms with Gasteiger partial charge >= 0.3 is 5.97 Å². The minimum absolute atomic E-state index is 0.0153. The SMILES string of the molecule is CCOC(=O)CCc1c(C)nc(N=C(N)Nc2ccc(F)cc2)[nH]c1=O. The van der Waals surface area contributed by atoms with Gasteiger partial charge in [-0.1, -0.05) is 0 Å². The number of aryl methyl sites for hydroxylation is 1. The van der Waals surface area contributed by atoms with E-state index < -0.39 is 5.56 Å². The molecule has 0 atom stereocenters. The second-order valence-electron chi connectivity index (χ2n) is 5.39. The lowest BCUT2D eigenvalue weighted by Crippen LogP contribution is -2.23. The number of ether oxygens (including phenoxy) is 1. The number of hydrogen-bond acceptors (Lipinski definition) is 5. The van der Waals surface area contributed by atoms with Gasteiger partial charge in [-0.05, 0) is 44.5 Å². The second-order valence-corrected chi connectivity index (χ2v) is 5.39. The highest BCUT2D eigenvalue weighted by Crippen LogP contribution is 2.10. The molecule has 0 amide bonds. The molecule has 1 aromatic carbocycles. The third kappa shape index (κ3) is 5.40. The molecule has 8 nitrogen and oxygen atoms in total. The molecule has 26 heavy (non-hydrogen) atoms. The summed E-state index contributed by atoms with van der Waals surface area (Å²) in [6, 6.07) is 5.55. The number of halogens is 1. The summed E-state index contributed by atoms with van der Waals surface area (Å²) >= 11 is 0. The highest BCUT2D eigenvalue weighted by Gasteiger charge is 2.11. The van der Waals surface area contributed by atoms with Gasteiger partial charge in [-0.3, -0.25) is 14.6 Å².